The number of unbranched alkanes of at least 4 members (excludes halogenated alkanes) is 3. The molecule has 1 atom stereocenters. The van der Waals surface area contributed by atoms with Gasteiger partial charge in [-0.15, -0.1) is 11.3 Å². The summed E-state index contributed by atoms with van der Waals surface area (Å²) in [6.07, 6.45) is 6.40. The molecular formula is C22H26N2O4S. The van der Waals surface area contributed by atoms with Gasteiger partial charge < -0.3 is 14.9 Å². The number of thiazole rings is 1. The smallest absolute Gasteiger partial charge is 0.328 e. The third-order valence-corrected chi connectivity index (χ3v) is 5.68. The molecule has 0 fully saturated rings. The molecule has 0 aliphatic rings. The van der Waals surface area contributed by atoms with Gasteiger partial charge in [0.1, 0.15) is 28.6 Å². The quantitative estimate of drug-likeness (QED) is 0.329. The molecule has 29 heavy (non-hydrogen) atoms. The summed E-state index contributed by atoms with van der Waals surface area (Å²) in [6.45, 7) is 5.61. The molecule has 2 aromatic heterocycles. The summed E-state index contributed by atoms with van der Waals surface area (Å²) in [5, 5.41) is 2.99. The topological polar surface area (TPSA) is 95.4 Å². The highest BCUT2D eigenvalue weighted by Gasteiger charge is 2.18. The Hall–Kier alpha value is -2.51. The van der Waals surface area contributed by atoms with Gasteiger partial charge in [0.25, 0.3) is 0 Å². The number of hydrogen-bond donors (Lipinski definition) is 1. The monoisotopic (exact) mass is 414 g/mol. The van der Waals surface area contributed by atoms with Crippen LogP contribution in [0.15, 0.2) is 33.0 Å². The van der Waals surface area contributed by atoms with Gasteiger partial charge in [0.15, 0.2) is 0 Å². The van der Waals surface area contributed by atoms with Gasteiger partial charge in [0.2, 0.25) is 5.43 Å². The number of benzene rings is 1. The highest BCUT2D eigenvalue weighted by molar-refractivity contribution is 7.13. The normalized spacial score (nSPS) is 12.3. The Labute approximate surface area is 173 Å². The number of fused-ring (bicyclic) bond motifs is 1. The van der Waals surface area contributed by atoms with Crippen molar-refractivity contribution in [1.82, 2.24) is 4.98 Å². The zero-order valence-corrected chi connectivity index (χ0v) is 17.8. The maximum atomic E-state index is 13.1. The zero-order chi connectivity index (χ0) is 21.0. The molecular weight excluding hydrogens is 388 g/mol. The van der Waals surface area contributed by atoms with Crippen LogP contribution >= 0.6 is 11.3 Å². The molecule has 0 aliphatic carbocycles. The van der Waals surface area contributed by atoms with E-state index in [2.05, 4.69) is 11.9 Å². The van der Waals surface area contributed by atoms with Crippen molar-refractivity contribution in [2.45, 2.75) is 58.9 Å². The van der Waals surface area contributed by atoms with E-state index in [1.165, 1.54) is 17.6 Å². The lowest BCUT2D eigenvalue weighted by molar-refractivity contribution is -0.135. The Bertz CT molecular complexity index is 1070. The van der Waals surface area contributed by atoms with Gasteiger partial charge in [0, 0.05) is 17.1 Å². The minimum Gasteiger partial charge on any atom is -0.463 e. The molecule has 3 aromatic rings. The van der Waals surface area contributed by atoms with E-state index in [0.717, 1.165) is 36.9 Å². The van der Waals surface area contributed by atoms with Gasteiger partial charge in [-0.2, -0.15) is 0 Å². The summed E-state index contributed by atoms with van der Waals surface area (Å²) in [7, 11) is 0. The Morgan fingerprint density at radius 3 is 2.76 bits per heavy atom. The molecule has 0 saturated heterocycles. The third kappa shape index (κ3) is 4.92. The van der Waals surface area contributed by atoms with Crippen LogP contribution in [0.1, 0.15) is 50.8 Å². The molecule has 0 amide bonds. The standard InChI is InChI=1S/C22H26N2O4S/c1-4-5-6-7-8-15-9-16-19(10-18(15)28-22(26)14(3)23)27-11-17(20(16)25)21-24-13(2)12-29-21/h9-12,14H,4-8,23H2,1-3H3/t14-/m0/s1. The van der Waals surface area contributed by atoms with Crippen LogP contribution in [-0.2, 0) is 11.2 Å². The summed E-state index contributed by atoms with van der Waals surface area (Å²) >= 11 is 1.41. The maximum Gasteiger partial charge on any atom is 0.328 e. The van der Waals surface area contributed by atoms with E-state index >= 15 is 0 Å². The molecule has 3 rings (SSSR count). The van der Waals surface area contributed by atoms with Crippen molar-refractivity contribution in [2.24, 2.45) is 5.73 Å². The first-order valence-corrected chi connectivity index (χ1v) is 10.8. The van der Waals surface area contributed by atoms with Crippen LogP contribution in [0.25, 0.3) is 21.5 Å². The van der Waals surface area contributed by atoms with Crippen molar-refractivity contribution >= 4 is 28.3 Å². The number of aromatic nitrogens is 1. The second-order valence-electron chi connectivity index (χ2n) is 7.25. The first-order valence-electron chi connectivity index (χ1n) is 9.89. The molecule has 1 aromatic carbocycles. The lowest BCUT2D eigenvalue weighted by Gasteiger charge is -2.13. The third-order valence-electron chi connectivity index (χ3n) is 4.69. The molecule has 0 aliphatic heterocycles. The number of carbonyl (C=O) groups is 1. The zero-order valence-electron chi connectivity index (χ0n) is 17.0. The second kappa shape index (κ2) is 9.33. The molecule has 6 nitrogen and oxygen atoms in total. The summed E-state index contributed by atoms with van der Waals surface area (Å²) in [4.78, 5) is 29.5. The van der Waals surface area contributed by atoms with Crippen molar-refractivity contribution in [2.75, 3.05) is 0 Å². The highest BCUT2D eigenvalue weighted by Crippen LogP contribution is 2.29. The fourth-order valence-electron chi connectivity index (χ4n) is 3.06. The molecule has 7 heteroatoms. The molecule has 0 spiro atoms. The average Bonchev–Trinajstić information content (AvgIpc) is 3.12. The number of hydrogen-bond acceptors (Lipinski definition) is 7. The van der Waals surface area contributed by atoms with Gasteiger partial charge >= 0.3 is 5.97 Å². The molecule has 154 valence electrons. The van der Waals surface area contributed by atoms with Gasteiger partial charge in [-0.25, -0.2) is 9.78 Å². The lowest BCUT2D eigenvalue weighted by atomic mass is 10.0. The number of nitrogens with zero attached hydrogens (tertiary/aromatic N) is 1. The van der Waals surface area contributed by atoms with Gasteiger partial charge in [0.05, 0.1) is 10.9 Å². The van der Waals surface area contributed by atoms with E-state index in [1.54, 1.807) is 19.1 Å². The summed E-state index contributed by atoms with van der Waals surface area (Å²) in [6, 6.07) is 2.66. The number of rotatable bonds is 8. The van der Waals surface area contributed by atoms with Crippen molar-refractivity contribution in [3.63, 3.8) is 0 Å². The summed E-state index contributed by atoms with van der Waals surface area (Å²) in [5.41, 5.74) is 7.98. The van der Waals surface area contributed by atoms with E-state index in [4.69, 9.17) is 14.9 Å². The van der Waals surface area contributed by atoms with Crippen LogP contribution in [0.4, 0.5) is 0 Å². The van der Waals surface area contributed by atoms with E-state index in [0.29, 0.717) is 33.7 Å². The van der Waals surface area contributed by atoms with Crippen molar-refractivity contribution in [3.8, 4) is 16.3 Å². The Morgan fingerprint density at radius 1 is 1.31 bits per heavy atom. The molecule has 0 bridgehead atoms. The van der Waals surface area contributed by atoms with Crippen molar-refractivity contribution in [1.29, 1.82) is 0 Å². The molecule has 2 heterocycles. The van der Waals surface area contributed by atoms with Crippen LogP contribution in [0, 0.1) is 6.92 Å². The van der Waals surface area contributed by atoms with Crippen LogP contribution < -0.4 is 15.9 Å². The number of ether oxygens (including phenoxy) is 1. The first kappa shape index (κ1) is 21.2. The minimum absolute atomic E-state index is 0.138. The summed E-state index contributed by atoms with van der Waals surface area (Å²) < 4.78 is 11.2. The van der Waals surface area contributed by atoms with Crippen molar-refractivity contribution < 1.29 is 13.9 Å². The van der Waals surface area contributed by atoms with Gasteiger partial charge in [-0.1, -0.05) is 26.2 Å². The number of nitrogens with two attached hydrogens (primary N) is 1. The number of esters is 1. The minimum atomic E-state index is -0.735. The largest absolute Gasteiger partial charge is 0.463 e. The van der Waals surface area contributed by atoms with Crippen LogP contribution in [0.2, 0.25) is 0 Å². The fourth-order valence-corrected chi connectivity index (χ4v) is 3.86. The number of carbonyl (C=O) groups excluding carboxylic acids is 1. The lowest BCUT2D eigenvalue weighted by Crippen LogP contribution is -2.31. The van der Waals surface area contributed by atoms with Gasteiger partial charge in [-0.05, 0) is 38.3 Å². The maximum absolute atomic E-state index is 13.1. The molecule has 0 unspecified atom stereocenters. The number of aryl methyl sites for hydroxylation is 2. The summed E-state index contributed by atoms with van der Waals surface area (Å²) in [5.74, 6) is -0.117. The molecule has 0 radical (unpaired) electrons. The average molecular weight is 415 g/mol. The molecule has 2 N–H and O–H groups in total. The predicted molar refractivity (Wildman–Crippen MR) is 115 cm³/mol. The highest BCUT2D eigenvalue weighted by atomic mass is 32.1. The Kier molecular flexibility index (Phi) is 6.82. The Balaban J connectivity index is 2.05. The van der Waals surface area contributed by atoms with E-state index < -0.39 is 12.0 Å². The van der Waals surface area contributed by atoms with Crippen molar-refractivity contribution in [3.05, 3.63) is 45.3 Å². The molecule has 0 saturated carbocycles. The van der Waals surface area contributed by atoms with Crippen LogP contribution in [0.5, 0.6) is 5.75 Å². The van der Waals surface area contributed by atoms with Gasteiger partial charge in [-0.3, -0.25) is 4.79 Å². The SMILES string of the molecule is CCCCCCc1cc2c(=O)c(-c3nc(C)cs3)coc2cc1OC(=O)[C@H](C)N. The van der Waals surface area contributed by atoms with E-state index in [1.807, 2.05) is 12.3 Å². The van der Waals surface area contributed by atoms with E-state index in [-0.39, 0.29) is 5.43 Å². The fraction of sp³-hybridized carbons (Fsp3) is 0.409. The Morgan fingerprint density at radius 2 is 2.10 bits per heavy atom. The van der Waals surface area contributed by atoms with E-state index in [9.17, 15) is 9.59 Å². The second-order valence-corrected chi connectivity index (χ2v) is 8.11. The first-order chi connectivity index (χ1) is 13.9. The van der Waals surface area contributed by atoms with Crippen LogP contribution in [-0.4, -0.2) is 17.0 Å². The predicted octanol–water partition coefficient (Wildman–Crippen LogP) is 4.60. The van der Waals surface area contributed by atoms with Crippen LogP contribution in [0.3, 0.4) is 0 Å².